The number of hydrogen-bond acceptors (Lipinski definition) is 8. The Bertz CT molecular complexity index is 975. The molecule has 3 rings (SSSR count). The van der Waals surface area contributed by atoms with Crippen molar-refractivity contribution in [2.24, 2.45) is 0 Å². The largest absolute Gasteiger partial charge is 0.462 e. The summed E-state index contributed by atoms with van der Waals surface area (Å²) in [7, 11) is 0. The lowest BCUT2D eigenvalue weighted by molar-refractivity contribution is -0.129. The van der Waals surface area contributed by atoms with Crippen LogP contribution < -0.4 is 11.2 Å². The van der Waals surface area contributed by atoms with Gasteiger partial charge in [0.05, 0.1) is 36.4 Å². The summed E-state index contributed by atoms with van der Waals surface area (Å²) in [6.07, 6.45) is 1.13. The SMILES string of the molecule is CCOC(=O)c1c2ccc(CC(=O)NOC(=O)N3CCCC3)ccc-2c(C(=O)OCC)c1N. The molecule has 0 aromatic heterocycles. The maximum atomic E-state index is 12.5. The van der Waals surface area contributed by atoms with Gasteiger partial charge in [-0.2, -0.15) is 5.48 Å². The second-order valence-electron chi connectivity index (χ2n) is 7.44. The molecule has 1 fully saturated rings. The van der Waals surface area contributed by atoms with E-state index in [0.29, 0.717) is 29.8 Å². The number of nitrogens with zero attached hydrogens (tertiary/aromatic N) is 1. The zero-order chi connectivity index (χ0) is 24.0. The van der Waals surface area contributed by atoms with Gasteiger partial charge in [-0.05, 0) is 43.4 Å². The Morgan fingerprint density at radius 1 is 0.909 bits per heavy atom. The topological polar surface area (TPSA) is 137 Å². The number of nitrogens with one attached hydrogen (secondary N) is 1. The van der Waals surface area contributed by atoms with Gasteiger partial charge in [0.2, 0.25) is 0 Å². The van der Waals surface area contributed by atoms with E-state index in [1.54, 1.807) is 38.1 Å². The molecular weight excluding hydrogens is 430 g/mol. The molecule has 2 amide bonds. The van der Waals surface area contributed by atoms with Crippen molar-refractivity contribution >= 4 is 29.6 Å². The number of nitrogens with two attached hydrogens (primary N) is 1. The van der Waals surface area contributed by atoms with Crippen molar-refractivity contribution in [3.63, 3.8) is 0 Å². The van der Waals surface area contributed by atoms with Crippen LogP contribution in [0.15, 0.2) is 24.3 Å². The van der Waals surface area contributed by atoms with Crippen molar-refractivity contribution < 1.29 is 33.5 Å². The van der Waals surface area contributed by atoms with E-state index < -0.39 is 23.9 Å². The van der Waals surface area contributed by atoms with Gasteiger partial charge in [0, 0.05) is 13.1 Å². The first kappa shape index (κ1) is 23.8. The Kier molecular flexibility index (Phi) is 7.70. The normalized spacial score (nSPS) is 13.0. The van der Waals surface area contributed by atoms with E-state index in [1.165, 1.54) is 4.90 Å². The molecule has 33 heavy (non-hydrogen) atoms. The molecule has 1 saturated heterocycles. The summed E-state index contributed by atoms with van der Waals surface area (Å²) in [4.78, 5) is 55.6. The number of esters is 2. The van der Waals surface area contributed by atoms with Crippen LogP contribution in [0.4, 0.5) is 10.5 Å². The van der Waals surface area contributed by atoms with Crippen molar-refractivity contribution in [1.29, 1.82) is 0 Å². The first-order chi connectivity index (χ1) is 15.9. The van der Waals surface area contributed by atoms with E-state index >= 15 is 0 Å². The molecule has 0 bridgehead atoms. The maximum Gasteiger partial charge on any atom is 0.434 e. The van der Waals surface area contributed by atoms with Gasteiger partial charge < -0.3 is 24.9 Å². The lowest BCUT2D eigenvalue weighted by Gasteiger charge is -2.14. The number of carbonyl (C=O) groups is 4. The molecule has 176 valence electrons. The minimum Gasteiger partial charge on any atom is -0.462 e. The average Bonchev–Trinajstić information content (AvgIpc) is 3.36. The van der Waals surface area contributed by atoms with Gasteiger partial charge in [-0.1, -0.05) is 24.3 Å². The lowest BCUT2D eigenvalue weighted by atomic mass is 10.1. The first-order valence-corrected chi connectivity index (χ1v) is 10.8. The Hall–Kier alpha value is -3.82. The third kappa shape index (κ3) is 5.33. The molecule has 0 aromatic rings. The molecule has 0 spiro atoms. The first-order valence-electron chi connectivity index (χ1n) is 10.8. The monoisotopic (exact) mass is 457 g/mol. The standard InChI is InChI=1S/C23H27N3O7/c1-3-31-21(28)18-15-9-7-14(8-10-16(15)19(20(18)24)22(29)32-4-2)13-17(27)25-33-23(30)26-11-5-6-12-26/h7-10H,3-6,11-13,24H2,1-2H3,(H,25,27). The molecule has 3 aliphatic rings. The Morgan fingerprint density at radius 3 is 1.91 bits per heavy atom. The van der Waals surface area contributed by atoms with E-state index in [9.17, 15) is 19.2 Å². The van der Waals surface area contributed by atoms with Crippen molar-refractivity contribution in [2.45, 2.75) is 33.1 Å². The highest BCUT2D eigenvalue weighted by molar-refractivity contribution is 6.15. The zero-order valence-electron chi connectivity index (χ0n) is 18.6. The summed E-state index contributed by atoms with van der Waals surface area (Å²) in [6.45, 7) is 4.82. The molecule has 0 unspecified atom stereocenters. The predicted octanol–water partition coefficient (Wildman–Crippen LogP) is 2.53. The summed E-state index contributed by atoms with van der Waals surface area (Å²) < 4.78 is 10.2. The molecular formula is C23H27N3O7. The van der Waals surface area contributed by atoms with Gasteiger partial charge in [0.15, 0.2) is 0 Å². The number of fused-ring (bicyclic) bond motifs is 1. The summed E-state index contributed by atoms with van der Waals surface area (Å²) in [5.41, 5.74) is 9.79. The molecule has 0 radical (unpaired) electrons. The number of nitrogen functional groups attached to an aromatic ring is 1. The van der Waals surface area contributed by atoms with Crippen LogP contribution in [0.2, 0.25) is 0 Å². The summed E-state index contributed by atoms with van der Waals surface area (Å²) in [5, 5.41) is 0. The van der Waals surface area contributed by atoms with Gasteiger partial charge in [0.1, 0.15) is 0 Å². The van der Waals surface area contributed by atoms with E-state index in [1.807, 2.05) is 0 Å². The van der Waals surface area contributed by atoms with Crippen LogP contribution in [0.1, 0.15) is 53.0 Å². The summed E-state index contributed by atoms with van der Waals surface area (Å²) in [5.74, 6) is -1.84. The lowest BCUT2D eigenvalue weighted by Crippen LogP contribution is -2.36. The van der Waals surface area contributed by atoms with Gasteiger partial charge >= 0.3 is 18.0 Å². The van der Waals surface area contributed by atoms with Crippen molar-refractivity contribution in [3.05, 3.63) is 41.0 Å². The quantitative estimate of drug-likeness (QED) is 0.383. The minimum atomic E-state index is -0.658. The smallest absolute Gasteiger partial charge is 0.434 e. The minimum absolute atomic E-state index is 0.0128. The highest BCUT2D eigenvalue weighted by atomic mass is 16.7. The number of carbonyl (C=O) groups excluding carboxylic acids is 4. The molecule has 10 heteroatoms. The molecule has 0 atom stereocenters. The molecule has 0 aromatic carbocycles. The fourth-order valence-electron chi connectivity index (χ4n) is 3.72. The molecule has 2 aliphatic carbocycles. The summed E-state index contributed by atoms with van der Waals surface area (Å²) >= 11 is 0. The predicted molar refractivity (Wildman–Crippen MR) is 119 cm³/mol. The van der Waals surface area contributed by atoms with Crippen LogP contribution >= 0.6 is 0 Å². The highest BCUT2D eigenvalue weighted by Gasteiger charge is 2.30. The number of rotatable bonds is 6. The molecule has 1 heterocycles. The average molecular weight is 457 g/mol. The van der Waals surface area contributed by atoms with Gasteiger partial charge in [-0.3, -0.25) is 4.79 Å². The van der Waals surface area contributed by atoms with Crippen LogP contribution in [0, 0.1) is 0 Å². The van der Waals surface area contributed by atoms with E-state index in [4.69, 9.17) is 20.0 Å². The molecule has 10 nitrogen and oxygen atoms in total. The van der Waals surface area contributed by atoms with Crippen molar-refractivity contribution in [3.8, 4) is 11.1 Å². The number of anilines is 1. The van der Waals surface area contributed by atoms with Crippen molar-refractivity contribution in [2.75, 3.05) is 32.0 Å². The van der Waals surface area contributed by atoms with E-state index in [2.05, 4.69) is 5.48 Å². The van der Waals surface area contributed by atoms with E-state index in [0.717, 1.165) is 12.8 Å². The van der Waals surface area contributed by atoms with Crippen LogP contribution in [0.5, 0.6) is 0 Å². The van der Waals surface area contributed by atoms with Gasteiger partial charge in [-0.25, -0.2) is 14.4 Å². The van der Waals surface area contributed by atoms with Crippen LogP contribution in [-0.2, 0) is 25.5 Å². The van der Waals surface area contributed by atoms with Crippen LogP contribution in [0.25, 0.3) is 11.1 Å². The summed E-state index contributed by atoms with van der Waals surface area (Å²) in [6, 6.07) is 6.45. The molecule has 0 saturated carbocycles. The molecule has 1 aliphatic heterocycles. The number of likely N-dealkylation sites (tertiary alicyclic amines) is 1. The fraction of sp³-hybridized carbons (Fsp3) is 0.391. The van der Waals surface area contributed by atoms with Gasteiger partial charge in [-0.15, -0.1) is 0 Å². The number of ether oxygens (including phenoxy) is 2. The zero-order valence-corrected chi connectivity index (χ0v) is 18.6. The fourth-order valence-corrected chi connectivity index (χ4v) is 3.72. The van der Waals surface area contributed by atoms with Crippen LogP contribution in [0.3, 0.4) is 0 Å². The number of amides is 2. The number of hydroxylamine groups is 1. The maximum absolute atomic E-state index is 12.5. The highest BCUT2D eigenvalue weighted by Crippen LogP contribution is 2.39. The third-order valence-corrected chi connectivity index (χ3v) is 5.24. The van der Waals surface area contributed by atoms with E-state index in [-0.39, 0.29) is 36.4 Å². The number of hydrogen-bond donors (Lipinski definition) is 2. The third-order valence-electron chi connectivity index (χ3n) is 5.24. The second-order valence-corrected chi connectivity index (χ2v) is 7.44. The second kappa shape index (κ2) is 10.7. The molecule has 3 N–H and O–H groups in total. The van der Waals surface area contributed by atoms with Gasteiger partial charge in [0.25, 0.3) is 5.91 Å². The van der Waals surface area contributed by atoms with Crippen molar-refractivity contribution in [1.82, 2.24) is 10.4 Å². The Balaban J connectivity index is 1.84. The Labute approximate surface area is 191 Å². The Morgan fingerprint density at radius 2 is 1.42 bits per heavy atom. The van der Waals surface area contributed by atoms with Crippen LogP contribution in [-0.4, -0.2) is 55.1 Å².